The first-order valence-corrected chi connectivity index (χ1v) is 8.31. The van der Waals surface area contributed by atoms with Crippen LogP contribution in [-0.4, -0.2) is 49.0 Å². The summed E-state index contributed by atoms with van der Waals surface area (Å²) in [6.45, 7) is 3.11. The fourth-order valence-corrected chi connectivity index (χ4v) is 2.69. The molecule has 1 aromatic carbocycles. The molecule has 134 valence electrons. The number of fused-ring (bicyclic) bond motifs is 1. The monoisotopic (exact) mass is 354 g/mol. The lowest BCUT2D eigenvalue weighted by molar-refractivity contribution is -0.111. The Hall–Kier alpha value is -3.13. The first-order valence-electron chi connectivity index (χ1n) is 8.31. The van der Waals surface area contributed by atoms with Crippen LogP contribution in [0.25, 0.3) is 6.08 Å². The van der Waals surface area contributed by atoms with Gasteiger partial charge >= 0.3 is 0 Å². The van der Waals surface area contributed by atoms with Gasteiger partial charge in [0.05, 0.1) is 31.3 Å². The number of rotatable bonds is 4. The molecule has 1 fully saturated rings. The normalized spacial score (nSPS) is 16.1. The molecule has 1 saturated heterocycles. The van der Waals surface area contributed by atoms with Gasteiger partial charge in [0.25, 0.3) is 0 Å². The van der Waals surface area contributed by atoms with Crippen LogP contribution in [0.2, 0.25) is 0 Å². The number of nitrogens with zero attached hydrogens (tertiary/aromatic N) is 3. The summed E-state index contributed by atoms with van der Waals surface area (Å²) in [5, 5.41) is 2.74. The second-order valence-electron chi connectivity index (χ2n) is 5.81. The van der Waals surface area contributed by atoms with Gasteiger partial charge in [0, 0.05) is 19.2 Å². The van der Waals surface area contributed by atoms with Crippen LogP contribution in [0.4, 0.5) is 11.6 Å². The Morgan fingerprint density at radius 3 is 2.69 bits per heavy atom. The molecule has 0 aliphatic carbocycles. The highest BCUT2D eigenvalue weighted by Crippen LogP contribution is 2.32. The summed E-state index contributed by atoms with van der Waals surface area (Å²) in [6.07, 6.45) is 6.36. The van der Waals surface area contributed by atoms with Gasteiger partial charge in [-0.3, -0.25) is 4.79 Å². The van der Waals surface area contributed by atoms with Gasteiger partial charge in [-0.25, -0.2) is 9.97 Å². The third-order valence-corrected chi connectivity index (χ3v) is 4.02. The average molecular weight is 354 g/mol. The highest BCUT2D eigenvalue weighted by atomic mass is 16.7. The summed E-state index contributed by atoms with van der Waals surface area (Å²) in [7, 11) is 0. The Labute approximate surface area is 150 Å². The number of morpholine rings is 1. The van der Waals surface area contributed by atoms with Crippen molar-refractivity contribution in [1.82, 2.24) is 9.97 Å². The molecule has 0 unspecified atom stereocenters. The lowest BCUT2D eigenvalue weighted by Gasteiger charge is -2.26. The van der Waals surface area contributed by atoms with Crippen LogP contribution in [0.15, 0.2) is 36.7 Å². The van der Waals surface area contributed by atoms with Crippen molar-refractivity contribution in [1.29, 1.82) is 0 Å². The van der Waals surface area contributed by atoms with E-state index in [-0.39, 0.29) is 12.7 Å². The van der Waals surface area contributed by atoms with Gasteiger partial charge in [-0.15, -0.1) is 0 Å². The van der Waals surface area contributed by atoms with Crippen LogP contribution in [0.5, 0.6) is 11.5 Å². The zero-order valence-corrected chi connectivity index (χ0v) is 14.1. The molecule has 2 aromatic rings. The van der Waals surface area contributed by atoms with Crippen molar-refractivity contribution >= 4 is 23.6 Å². The van der Waals surface area contributed by atoms with Gasteiger partial charge in [0.1, 0.15) is 0 Å². The summed E-state index contributed by atoms with van der Waals surface area (Å²) < 4.78 is 15.9. The van der Waals surface area contributed by atoms with Crippen molar-refractivity contribution < 1.29 is 19.0 Å². The van der Waals surface area contributed by atoms with Crippen LogP contribution in [-0.2, 0) is 9.53 Å². The van der Waals surface area contributed by atoms with E-state index in [1.165, 1.54) is 6.08 Å². The zero-order chi connectivity index (χ0) is 17.8. The molecule has 0 radical (unpaired) electrons. The minimum atomic E-state index is -0.259. The molecule has 1 aromatic heterocycles. The van der Waals surface area contributed by atoms with Crippen LogP contribution < -0.4 is 19.7 Å². The number of nitrogens with one attached hydrogen (secondary N) is 1. The molecule has 8 nitrogen and oxygen atoms in total. The van der Waals surface area contributed by atoms with E-state index >= 15 is 0 Å². The number of benzene rings is 1. The van der Waals surface area contributed by atoms with E-state index < -0.39 is 0 Å². The van der Waals surface area contributed by atoms with Crippen molar-refractivity contribution in [3.63, 3.8) is 0 Å². The summed E-state index contributed by atoms with van der Waals surface area (Å²) >= 11 is 0. The minimum Gasteiger partial charge on any atom is -0.454 e. The summed E-state index contributed by atoms with van der Waals surface area (Å²) in [5.74, 6) is 1.77. The van der Waals surface area contributed by atoms with Crippen molar-refractivity contribution in [3.8, 4) is 11.5 Å². The van der Waals surface area contributed by atoms with Gasteiger partial charge in [-0.1, -0.05) is 6.07 Å². The summed E-state index contributed by atoms with van der Waals surface area (Å²) in [6, 6.07) is 5.50. The van der Waals surface area contributed by atoms with E-state index in [1.54, 1.807) is 18.5 Å². The Kier molecular flexibility index (Phi) is 4.65. The van der Waals surface area contributed by atoms with Gasteiger partial charge in [-0.2, -0.15) is 0 Å². The quantitative estimate of drug-likeness (QED) is 0.836. The fraction of sp³-hybridized carbons (Fsp3) is 0.278. The fourth-order valence-electron chi connectivity index (χ4n) is 2.69. The Morgan fingerprint density at radius 2 is 1.88 bits per heavy atom. The lowest BCUT2D eigenvalue weighted by Crippen LogP contribution is -2.37. The van der Waals surface area contributed by atoms with E-state index in [4.69, 9.17) is 14.2 Å². The Balaban J connectivity index is 1.35. The van der Waals surface area contributed by atoms with Gasteiger partial charge in [0.2, 0.25) is 18.6 Å². The van der Waals surface area contributed by atoms with Crippen LogP contribution >= 0.6 is 0 Å². The number of anilines is 2. The number of carbonyl (C=O) groups is 1. The molecule has 1 N–H and O–H groups in total. The Morgan fingerprint density at radius 1 is 1.12 bits per heavy atom. The molecule has 2 aliphatic heterocycles. The second kappa shape index (κ2) is 7.40. The highest BCUT2D eigenvalue weighted by molar-refractivity contribution is 6.01. The zero-order valence-electron chi connectivity index (χ0n) is 14.1. The minimum absolute atomic E-state index is 0.226. The standard InChI is InChI=1S/C18H18N4O4/c23-17(4-2-13-1-3-15-16(9-13)26-12-25-15)21-14-10-19-18(20-11-14)22-5-7-24-8-6-22/h1-4,9-11H,5-8,12H2,(H,21,23)/b4-2+. The molecule has 1 amide bonds. The van der Waals surface area contributed by atoms with Crippen LogP contribution in [0.3, 0.4) is 0 Å². The topological polar surface area (TPSA) is 85.8 Å². The van der Waals surface area contributed by atoms with Gasteiger partial charge in [-0.05, 0) is 23.8 Å². The smallest absolute Gasteiger partial charge is 0.248 e. The molecule has 4 rings (SSSR count). The van der Waals surface area contributed by atoms with Crippen LogP contribution in [0, 0.1) is 0 Å². The van der Waals surface area contributed by atoms with E-state index in [2.05, 4.69) is 20.2 Å². The van der Waals surface area contributed by atoms with Crippen molar-refractivity contribution in [2.24, 2.45) is 0 Å². The molecule has 0 bridgehead atoms. The predicted molar refractivity (Wildman–Crippen MR) is 95.3 cm³/mol. The average Bonchev–Trinajstić information content (AvgIpc) is 3.15. The third kappa shape index (κ3) is 3.75. The highest BCUT2D eigenvalue weighted by Gasteiger charge is 2.14. The maximum Gasteiger partial charge on any atom is 0.248 e. The van der Waals surface area contributed by atoms with E-state index in [0.717, 1.165) is 18.7 Å². The van der Waals surface area contributed by atoms with Crippen LogP contribution in [0.1, 0.15) is 5.56 Å². The third-order valence-electron chi connectivity index (χ3n) is 4.02. The van der Waals surface area contributed by atoms with Crippen molar-refractivity contribution in [2.75, 3.05) is 43.3 Å². The molecule has 26 heavy (non-hydrogen) atoms. The summed E-state index contributed by atoms with van der Waals surface area (Å²) in [5.41, 5.74) is 1.39. The van der Waals surface area contributed by atoms with Gasteiger partial charge in [0.15, 0.2) is 11.5 Å². The molecule has 8 heteroatoms. The molecule has 0 saturated carbocycles. The SMILES string of the molecule is O=C(/C=C/c1ccc2c(c1)OCO2)Nc1cnc(N2CCOCC2)nc1. The molecular weight excluding hydrogens is 336 g/mol. The number of ether oxygens (including phenoxy) is 3. The lowest BCUT2D eigenvalue weighted by atomic mass is 10.2. The number of hydrogen-bond donors (Lipinski definition) is 1. The second-order valence-corrected chi connectivity index (χ2v) is 5.81. The van der Waals surface area contributed by atoms with Crippen molar-refractivity contribution in [3.05, 3.63) is 42.2 Å². The Bertz CT molecular complexity index is 816. The summed E-state index contributed by atoms with van der Waals surface area (Å²) in [4.78, 5) is 22.7. The first kappa shape index (κ1) is 16.3. The van der Waals surface area contributed by atoms with E-state index in [0.29, 0.717) is 36.3 Å². The number of carbonyl (C=O) groups excluding carboxylic acids is 1. The number of aromatic nitrogens is 2. The largest absolute Gasteiger partial charge is 0.454 e. The van der Waals surface area contributed by atoms with Gasteiger partial charge < -0.3 is 24.4 Å². The first-order chi connectivity index (χ1) is 12.8. The predicted octanol–water partition coefficient (Wildman–Crippen LogP) is 1.69. The molecule has 0 spiro atoms. The molecule has 0 atom stereocenters. The molecule has 2 aliphatic rings. The van der Waals surface area contributed by atoms with E-state index in [9.17, 15) is 4.79 Å². The maximum absolute atomic E-state index is 12.1. The number of hydrogen-bond acceptors (Lipinski definition) is 7. The van der Waals surface area contributed by atoms with E-state index in [1.807, 2.05) is 18.2 Å². The molecule has 3 heterocycles. The number of amides is 1. The molecular formula is C18H18N4O4. The maximum atomic E-state index is 12.1. The van der Waals surface area contributed by atoms with Crippen molar-refractivity contribution in [2.45, 2.75) is 0 Å².